The van der Waals surface area contributed by atoms with Gasteiger partial charge in [0, 0.05) is 19.0 Å². The van der Waals surface area contributed by atoms with Gasteiger partial charge in [0.1, 0.15) is 0 Å². The van der Waals surface area contributed by atoms with Crippen molar-refractivity contribution in [1.82, 2.24) is 10.6 Å². The number of rotatable bonds is 5. The molecule has 2 unspecified atom stereocenters. The quantitative estimate of drug-likeness (QED) is 0.818. The fourth-order valence-electron chi connectivity index (χ4n) is 2.04. The summed E-state index contributed by atoms with van der Waals surface area (Å²) in [6.07, 6.45) is 0.892. The lowest BCUT2D eigenvalue weighted by atomic mass is 10.1. The summed E-state index contributed by atoms with van der Waals surface area (Å²) < 4.78 is 0. The van der Waals surface area contributed by atoms with E-state index in [1.165, 1.54) is 0 Å². The molecule has 2 atom stereocenters. The average molecular weight is 324 g/mol. The largest absolute Gasteiger partial charge is 0.355 e. The lowest BCUT2D eigenvalue weighted by Crippen LogP contribution is -2.31. The first kappa shape index (κ1) is 16.6. The minimum absolute atomic E-state index is 0. The van der Waals surface area contributed by atoms with Gasteiger partial charge in [-0.1, -0.05) is 29.3 Å². The second kappa shape index (κ2) is 7.34. The van der Waals surface area contributed by atoms with Crippen LogP contribution in [0.15, 0.2) is 18.2 Å². The minimum Gasteiger partial charge on any atom is -0.355 e. The van der Waals surface area contributed by atoms with Crippen LogP contribution >= 0.6 is 35.6 Å². The van der Waals surface area contributed by atoms with E-state index in [1.54, 1.807) is 6.07 Å². The fraction of sp³-hybridized carbons (Fsp3) is 0.462. The average Bonchev–Trinajstić information content (AvgIpc) is 3.13. The number of benzene rings is 1. The van der Waals surface area contributed by atoms with E-state index in [-0.39, 0.29) is 30.2 Å². The summed E-state index contributed by atoms with van der Waals surface area (Å²) in [6.45, 7) is 1.45. The minimum atomic E-state index is 0. The van der Waals surface area contributed by atoms with E-state index >= 15 is 0 Å². The Morgan fingerprint density at radius 2 is 2.05 bits per heavy atom. The third-order valence-electron chi connectivity index (χ3n) is 3.17. The third-order valence-corrected chi connectivity index (χ3v) is 3.91. The number of hydrogen-bond donors (Lipinski definition) is 2. The number of hydrogen-bond acceptors (Lipinski definition) is 2. The van der Waals surface area contributed by atoms with Gasteiger partial charge in [0.15, 0.2) is 0 Å². The van der Waals surface area contributed by atoms with Gasteiger partial charge < -0.3 is 10.6 Å². The Morgan fingerprint density at radius 3 is 2.68 bits per heavy atom. The normalized spacial score (nSPS) is 20.6. The Balaban J connectivity index is 0.00000180. The van der Waals surface area contributed by atoms with E-state index in [1.807, 2.05) is 19.2 Å². The van der Waals surface area contributed by atoms with Gasteiger partial charge in [-0.15, -0.1) is 12.4 Å². The van der Waals surface area contributed by atoms with Crippen LogP contribution in [0.4, 0.5) is 0 Å². The number of carbonyl (C=O) groups excluding carboxylic acids is 1. The fourth-order valence-corrected chi connectivity index (χ4v) is 2.34. The van der Waals surface area contributed by atoms with Gasteiger partial charge >= 0.3 is 0 Å². The number of likely N-dealkylation sites (N-methyl/N-ethyl adjacent to an activating group) is 1. The maximum atomic E-state index is 11.8. The van der Waals surface area contributed by atoms with Crippen molar-refractivity contribution in [2.24, 2.45) is 5.92 Å². The molecule has 0 aromatic heterocycles. The summed E-state index contributed by atoms with van der Waals surface area (Å²) >= 11 is 11.8. The van der Waals surface area contributed by atoms with Crippen LogP contribution in [0.1, 0.15) is 17.9 Å². The highest BCUT2D eigenvalue weighted by atomic mass is 35.5. The Hall–Kier alpha value is -0.480. The third kappa shape index (κ3) is 4.25. The topological polar surface area (TPSA) is 41.1 Å². The Kier molecular flexibility index (Phi) is 6.40. The maximum absolute atomic E-state index is 11.8. The molecular weight excluding hydrogens is 307 g/mol. The molecular formula is C13H17Cl3N2O. The van der Waals surface area contributed by atoms with Crippen molar-refractivity contribution in [2.45, 2.75) is 12.3 Å². The molecule has 0 saturated heterocycles. The first-order valence-electron chi connectivity index (χ1n) is 6.00. The molecule has 0 aliphatic heterocycles. The van der Waals surface area contributed by atoms with Crippen LogP contribution < -0.4 is 10.6 Å². The zero-order valence-electron chi connectivity index (χ0n) is 10.6. The summed E-state index contributed by atoms with van der Waals surface area (Å²) in [5.41, 5.74) is 1.10. The molecule has 1 aromatic rings. The van der Waals surface area contributed by atoms with Gasteiger partial charge in [-0.3, -0.25) is 4.79 Å². The van der Waals surface area contributed by atoms with Gasteiger partial charge in [-0.25, -0.2) is 0 Å². The SMILES string of the molecule is CNCCNC(=O)C1CC1c1ccc(Cl)c(Cl)c1.Cl. The van der Waals surface area contributed by atoms with Crippen molar-refractivity contribution >= 4 is 41.5 Å². The molecule has 3 nitrogen and oxygen atoms in total. The highest BCUT2D eigenvalue weighted by molar-refractivity contribution is 6.42. The van der Waals surface area contributed by atoms with Crippen molar-refractivity contribution in [3.8, 4) is 0 Å². The van der Waals surface area contributed by atoms with Gasteiger partial charge in [-0.2, -0.15) is 0 Å². The predicted octanol–water partition coefficient (Wildman–Crippen LogP) is 2.85. The molecule has 1 saturated carbocycles. The molecule has 0 radical (unpaired) electrons. The summed E-state index contributed by atoms with van der Waals surface area (Å²) in [5.74, 6) is 0.495. The van der Waals surface area contributed by atoms with E-state index in [9.17, 15) is 4.79 Å². The number of halogens is 3. The molecule has 0 heterocycles. The van der Waals surface area contributed by atoms with E-state index in [0.29, 0.717) is 16.6 Å². The molecule has 6 heteroatoms. The molecule has 1 aliphatic carbocycles. The Labute approximate surface area is 129 Å². The van der Waals surface area contributed by atoms with E-state index < -0.39 is 0 Å². The Bertz CT molecular complexity index is 454. The van der Waals surface area contributed by atoms with E-state index in [0.717, 1.165) is 18.5 Å². The van der Waals surface area contributed by atoms with Crippen molar-refractivity contribution in [3.05, 3.63) is 33.8 Å². The standard InChI is InChI=1S/C13H16Cl2N2O.ClH/c1-16-4-5-17-13(18)10-7-9(10)8-2-3-11(14)12(15)6-8;/h2-3,6,9-10,16H,4-5,7H2,1H3,(H,17,18);1H. The van der Waals surface area contributed by atoms with Gasteiger partial charge in [0.05, 0.1) is 10.0 Å². The molecule has 1 fully saturated rings. The summed E-state index contributed by atoms with van der Waals surface area (Å²) in [4.78, 5) is 11.8. The van der Waals surface area contributed by atoms with Crippen LogP contribution in [-0.2, 0) is 4.79 Å². The summed E-state index contributed by atoms with van der Waals surface area (Å²) in [6, 6.07) is 5.59. The van der Waals surface area contributed by atoms with Crippen LogP contribution in [0, 0.1) is 5.92 Å². The molecule has 0 bridgehead atoms. The van der Waals surface area contributed by atoms with Crippen LogP contribution in [0.2, 0.25) is 10.0 Å². The monoisotopic (exact) mass is 322 g/mol. The number of carbonyl (C=O) groups is 1. The second-order valence-electron chi connectivity index (χ2n) is 4.52. The number of nitrogens with one attached hydrogen (secondary N) is 2. The molecule has 1 aliphatic rings. The van der Waals surface area contributed by atoms with Gasteiger partial charge in [0.25, 0.3) is 0 Å². The van der Waals surface area contributed by atoms with Crippen molar-refractivity contribution < 1.29 is 4.79 Å². The zero-order valence-corrected chi connectivity index (χ0v) is 12.9. The Morgan fingerprint density at radius 1 is 1.32 bits per heavy atom. The van der Waals surface area contributed by atoms with Gasteiger partial charge in [-0.05, 0) is 37.1 Å². The molecule has 0 spiro atoms. The first-order chi connectivity index (χ1) is 8.63. The zero-order chi connectivity index (χ0) is 13.1. The van der Waals surface area contributed by atoms with Crippen LogP contribution in [-0.4, -0.2) is 26.0 Å². The van der Waals surface area contributed by atoms with E-state index in [2.05, 4.69) is 10.6 Å². The first-order valence-corrected chi connectivity index (χ1v) is 6.76. The molecule has 2 N–H and O–H groups in total. The second-order valence-corrected chi connectivity index (χ2v) is 5.33. The number of amides is 1. The lowest BCUT2D eigenvalue weighted by molar-refractivity contribution is -0.122. The van der Waals surface area contributed by atoms with Crippen molar-refractivity contribution in [3.63, 3.8) is 0 Å². The van der Waals surface area contributed by atoms with Crippen molar-refractivity contribution in [2.75, 3.05) is 20.1 Å². The molecule has 19 heavy (non-hydrogen) atoms. The maximum Gasteiger partial charge on any atom is 0.223 e. The van der Waals surface area contributed by atoms with E-state index in [4.69, 9.17) is 23.2 Å². The molecule has 2 rings (SSSR count). The summed E-state index contributed by atoms with van der Waals surface area (Å²) in [5, 5.41) is 7.01. The smallest absolute Gasteiger partial charge is 0.223 e. The van der Waals surface area contributed by atoms with Gasteiger partial charge in [0.2, 0.25) is 5.91 Å². The van der Waals surface area contributed by atoms with Crippen LogP contribution in [0.5, 0.6) is 0 Å². The molecule has 106 valence electrons. The highest BCUT2D eigenvalue weighted by Crippen LogP contribution is 2.48. The molecule has 1 aromatic carbocycles. The highest BCUT2D eigenvalue weighted by Gasteiger charge is 2.43. The molecule has 1 amide bonds. The van der Waals surface area contributed by atoms with Crippen molar-refractivity contribution in [1.29, 1.82) is 0 Å². The van der Waals surface area contributed by atoms with Crippen LogP contribution in [0.25, 0.3) is 0 Å². The summed E-state index contributed by atoms with van der Waals surface area (Å²) in [7, 11) is 1.86. The lowest BCUT2D eigenvalue weighted by Gasteiger charge is -2.05. The predicted molar refractivity (Wildman–Crippen MR) is 81.5 cm³/mol. The van der Waals surface area contributed by atoms with Crippen LogP contribution in [0.3, 0.4) is 0 Å².